The number of halogens is 1. The van der Waals surface area contributed by atoms with Crippen LogP contribution in [0, 0.1) is 11.7 Å². The molecule has 0 saturated carbocycles. The third-order valence-electron chi connectivity index (χ3n) is 5.28. The van der Waals surface area contributed by atoms with Gasteiger partial charge in [-0.3, -0.25) is 25.2 Å². The van der Waals surface area contributed by atoms with Crippen LogP contribution in [-0.2, 0) is 9.59 Å². The second-order valence-electron chi connectivity index (χ2n) is 7.20. The summed E-state index contributed by atoms with van der Waals surface area (Å²) in [5.74, 6) is -2.36. The highest BCUT2D eigenvalue weighted by atomic mass is 19.1. The predicted octanol–water partition coefficient (Wildman–Crippen LogP) is 3.15. The first-order chi connectivity index (χ1) is 13.9. The quantitative estimate of drug-likeness (QED) is 0.761. The molecule has 6 nitrogen and oxygen atoms in total. The van der Waals surface area contributed by atoms with E-state index in [2.05, 4.69) is 24.7 Å². The number of carbonyl (C=O) groups is 3. The van der Waals surface area contributed by atoms with Gasteiger partial charge < -0.3 is 4.90 Å². The van der Waals surface area contributed by atoms with Gasteiger partial charge in [-0.05, 0) is 36.1 Å². The summed E-state index contributed by atoms with van der Waals surface area (Å²) in [6.07, 6.45) is 0.987. The van der Waals surface area contributed by atoms with Crippen LogP contribution in [0.2, 0.25) is 0 Å². The number of hydrogen-bond acceptors (Lipinski definition) is 3. The molecule has 0 aliphatic carbocycles. The van der Waals surface area contributed by atoms with Crippen LogP contribution >= 0.6 is 0 Å². The number of rotatable bonds is 5. The van der Waals surface area contributed by atoms with E-state index in [1.54, 1.807) is 4.90 Å². The van der Waals surface area contributed by atoms with Crippen molar-refractivity contribution in [1.29, 1.82) is 0 Å². The number of nitrogens with one attached hydrogen (secondary N) is 2. The fourth-order valence-electron chi connectivity index (χ4n) is 3.42. The summed E-state index contributed by atoms with van der Waals surface area (Å²) in [4.78, 5) is 38.7. The lowest BCUT2D eigenvalue weighted by molar-refractivity contribution is -0.126. The van der Waals surface area contributed by atoms with Crippen molar-refractivity contribution in [3.8, 4) is 0 Å². The van der Waals surface area contributed by atoms with Crippen LogP contribution in [0.4, 0.5) is 10.1 Å². The molecule has 3 rings (SSSR count). The van der Waals surface area contributed by atoms with Gasteiger partial charge in [-0.15, -0.1) is 0 Å². The van der Waals surface area contributed by atoms with Crippen LogP contribution in [0.25, 0.3) is 0 Å². The van der Waals surface area contributed by atoms with Gasteiger partial charge in [-0.25, -0.2) is 4.39 Å². The first-order valence-corrected chi connectivity index (χ1v) is 9.66. The van der Waals surface area contributed by atoms with Crippen LogP contribution < -0.4 is 15.8 Å². The van der Waals surface area contributed by atoms with E-state index in [9.17, 15) is 18.8 Å². The van der Waals surface area contributed by atoms with E-state index in [-0.39, 0.29) is 30.4 Å². The molecule has 0 bridgehead atoms. The summed E-state index contributed by atoms with van der Waals surface area (Å²) in [5, 5.41) is 0. The third kappa shape index (κ3) is 4.45. The summed E-state index contributed by atoms with van der Waals surface area (Å²) >= 11 is 0. The summed E-state index contributed by atoms with van der Waals surface area (Å²) < 4.78 is 13.7. The summed E-state index contributed by atoms with van der Waals surface area (Å²) in [6.45, 7) is 4.41. The van der Waals surface area contributed by atoms with Crippen molar-refractivity contribution in [1.82, 2.24) is 10.9 Å². The largest absolute Gasteiger partial charge is 0.311 e. The molecule has 29 heavy (non-hydrogen) atoms. The van der Waals surface area contributed by atoms with Gasteiger partial charge in [0.05, 0.1) is 11.5 Å². The lowest BCUT2D eigenvalue weighted by atomic mass is 9.96. The summed E-state index contributed by atoms with van der Waals surface area (Å²) in [6, 6.07) is 13.2. The highest BCUT2D eigenvalue weighted by Crippen LogP contribution is 2.33. The van der Waals surface area contributed by atoms with Gasteiger partial charge in [0.15, 0.2) is 0 Å². The smallest absolute Gasteiger partial charge is 0.272 e. The molecular weight excluding hydrogens is 373 g/mol. The van der Waals surface area contributed by atoms with Gasteiger partial charge in [-0.2, -0.15) is 0 Å². The van der Waals surface area contributed by atoms with E-state index >= 15 is 0 Å². The van der Waals surface area contributed by atoms with E-state index in [1.807, 2.05) is 24.3 Å². The Hall–Kier alpha value is -3.22. The Morgan fingerprint density at radius 1 is 1.14 bits per heavy atom. The summed E-state index contributed by atoms with van der Waals surface area (Å²) in [7, 11) is 0. The Labute approximate surface area is 169 Å². The van der Waals surface area contributed by atoms with E-state index in [0.717, 1.165) is 17.7 Å². The van der Waals surface area contributed by atoms with Crippen molar-refractivity contribution in [3.05, 3.63) is 65.5 Å². The topological polar surface area (TPSA) is 78.5 Å². The number of hydrogen-bond donors (Lipinski definition) is 2. The van der Waals surface area contributed by atoms with Crippen LogP contribution in [0.3, 0.4) is 0 Å². The Bertz CT molecular complexity index is 931. The van der Waals surface area contributed by atoms with Crippen LogP contribution in [0.1, 0.15) is 48.5 Å². The average molecular weight is 397 g/mol. The van der Waals surface area contributed by atoms with Gasteiger partial charge in [0.25, 0.3) is 5.91 Å². The Kier molecular flexibility index (Phi) is 6.26. The van der Waals surface area contributed by atoms with Gasteiger partial charge in [0.2, 0.25) is 11.8 Å². The molecular formula is C22H24FN3O3. The minimum atomic E-state index is -0.750. The van der Waals surface area contributed by atoms with Crippen molar-refractivity contribution in [3.63, 3.8) is 0 Å². The molecule has 2 atom stereocenters. The Morgan fingerprint density at radius 2 is 1.83 bits per heavy atom. The molecule has 3 amide bonds. The second kappa shape index (κ2) is 8.86. The number of hydrazine groups is 1. The lowest BCUT2D eigenvalue weighted by Crippen LogP contribution is -2.45. The lowest BCUT2D eigenvalue weighted by Gasteiger charge is -2.23. The molecule has 0 aromatic heterocycles. The first kappa shape index (κ1) is 20.5. The van der Waals surface area contributed by atoms with E-state index in [1.165, 1.54) is 24.3 Å². The highest BCUT2D eigenvalue weighted by molar-refractivity contribution is 6.01. The van der Waals surface area contributed by atoms with E-state index in [4.69, 9.17) is 0 Å². The molecule has 1 aliphatic rings. The molecule has 1 aliphatic heterocycles. The van der Waals surface area contributed by atoms with Gasteiger partial charge in [0, 0.05) is 18.7 Å². The molecule has 152 valence electrons. The second-order valence-corrected chi connectivity index (χ2v) is 7.20. The Balaban J connectivity index is 1.65. The Morgan fingerprint density at radius 3 is 2.55 bits per heavy atom. The van der Waals surface area contributed by atoms with Crippen molar-refractivity contribution in [2.75, 3.05) is 11.4 Å². The normalized spacial score (nSPS) is 17.1. The highest BCUT2D eigenvalue weighted by Gasteiger charge is 2.36. The maximum atomic E-state index is 13.7. The number of para-hydroxylation sites is 1. The molecule has 0 radical (unpaired) electrons. The molecule has 7 heteroatoms. The molecule has 1 fully saturated rings. The minimum absolute atomic E-state index is 0.0518. The van der Waals surface area contributed by atoms with Gasteiger partial charge in [0.1, 0.15) is 5.82 Å². The monoisotopic (exact) mass is 397 g/mol. The predicted molar refractivity (Wildman–Crippen MR) is 108 cm³/mol. The molecule has 2 unspecified atom stereocenters. The molecule has 2 N–H and O–H groups in total. The fourth-order valence-corrected chi connectivity index (χ4v) is 3.42. The third-order valence-corrected chi connectivity index (χ3v) is 5.28. The minimum Gasteiger partial charge on any atom is -0.311 e. The van der Waals surface area contributed by atoms with Crippen molar-refractivity contribution in [2.45, 2.75) is 32.6 Å². The van der Waals surface area contributed by atoms with Crippen LogP contribution in [-0.4, -0.2) is 24.3 Å². The van der Waals surface area contributed by atoms with Gasteiger partial charge in [-0.1, -0.05) is 44.2 Å². The zero-order valence-electron chi connectivity index (χ0n) is 16.4. The maximum Gasteiger partial charge on any atom is 0.272 e. The SMILES string of the molecule is CCC(C)c1ccccc1N1CC(C(=O)NNC(=O)c2ccccc2F)CC1=O. The maximum absolute atomic E-state index is 13.7. The molecule has 1 heterocycles. The molecule has 0 spiro atoms. The zero-order chi connectivity index (χ0) is 21.0. The molecule has 2 aromatic carbocycles. The molecule has 2 aromatic rings. The number of anilines is 1. The van der Waals surface area contributed by atoms with E-state index in [0.29, 0.717) is 0 Å². The number of carbonyl (C=O) groups excluding carboxylic acids is 3. The fraction of sp³-hybridized carbons (Fsp3) is 0.318. The van der Waals surface area contributed by atoms with Crippen molar-refractivity contribution >= 4 is 23.4 Å². The number of benzene rings is 2. The number of amides is 3. The first-order valence-electron chi connectivity index (χ1n) is 9.66. The number of nitrogens with zero attached hydrogens (tertiary/aromatic N) is 1. The van der Waals surface area contributed by atoms with Crippen molar-refractivity contribution in [2.24, 2.45) is 5.92 Å². The standard InChI is InChI=1S/C22H24FN3O3/c1-3-14(2)16-8-5-7-11-19(16)26-13-15(12-20(26)27)21(28)24-25-22(29)17-9-4-6-10-18(17)23/h4-11,14-15H,3,12-13H2,1-2H3,(H,24,28)(H,25,29). The van der Waals surface area contributed by atoms with Crippen LogP contribution in [0.15, 0.2) is 48.5 Å². The van der Waals surface area contributed by atoms with Crippen molar-refractivity contribution < 1.29 is 18.8 Å². The molecule has 1 saturated heterocycles. The van der Waals surface area contributed by atoms with Crippen LogP contribution in [0.5, 0.6) is 0 Å². The average Bonchev–Trinajstić information content (AvgIpc) is 3.13. The summed E-state index contributed by atoms with van der Waals surface area (Å²) in [5.41, 5.74) is 6.24. The van der Waals surface area contributed by atoms with E-state index < -0.39 is 23.5 Å². The zero-order valence-corrected chi connectivity index (χ0v) is 16.4. The van der Waals surface area contributed by atoms with Gasteiger partial charge >= 0.3 is 0 Å².